The van der Waals surface area contributed by atoms with Crippen LogP contribution < -0.4 is 10.1 Å². The van der Waals surface area contributed by atoms with Gasteiger partial charge in [-0.15, -0.1) is 0 Å². The number of aliphatic imine (C=N–C) groups is 1. The summed E-state index contributed by atoms with van der Waals surface area (Å²) in [4.78, 5) is 6.27. The van der Waals surface area contributed by atoms with Crippen LogP contribution in [0.1, 0.15) is 37.7 Å². The van der Waals surface area contributed by atoms with Crippen LogP contribution in [0.3, 0.4) is 0 Å². The van der Waals surface area contributed by atoms with Crippen molar-refractivity contribution in [2.75, 3.05) is 27.2 Å². The summed E-state index contributed by atoms with van der Waals surface area (Å²) in [5.74, 6) is 0.954. The molecule has 0 bridgehead atoms. The first-order valence-electron chi connectivity index (χ1n) is 9.15. The highest BCUT2D eigenvalue weighted by atomic mass is 19.3. The number of halogens is 2. The van der Waals surface area contributed by atoms with Crippen LogP contribution in [-0.2, 0) is 11.3 Å². The van der Waals surface area contributed by atoms with E-state index in [9.17, 15) is 8.78 Å². The Morgan fingerprint density at radius 1 is 1.27 bits per heavy atom. The molecule has 1 N–H and O–H groups in total. The highest BCUT2D eigenvalue weighted by Gasteiger charge is 2.14. The van der Waals surface area contributed by atoms with Crippen LogP contribution in [0.5, 0.6) is 5.75 Å². The van der Waals surface area contributed by atoms with Crippen molar-refractivity contribution in [2.24, 2.45) is 4.99 Å². The summed E-state index contributed by atoms with van der Waals surface area (Å²) in [6.45, 7) is -0.619. The standard InChI is InChI=1S/C19H29F2N3O2/c1-22-19(23-12-5-13-25-16-6-3-4-7-16)24(2)14-15-8-10-17(11-9-15)26-18(20)21/h8-11,16,18H,3-7,12-14H2,1-2H3,(H,22,23). The highest BCUT2D eigenvalue weighted by Crippen LogP contribution is 2.20. The van der Waals surface area contributed by atoms with E-state index in [-0.39, 0.29) is 5.75 Å². The van der Waals surface area contributed by atoms with Gasteiger partial charge in [0.2, 0.25) is 0 Å². The number of alkyl halides is 2. The lowest BCUT2D eigenvalue weighted by atomic mass is 10.2. The Bertz CT molecular complexity index is 546. The summed E-state index contributed by atoms with van der Waals surface area (Å²) in [5, 5.41) is 3.32. The lowest BCUT2D eigenvalue weighted by molar-refractivity contribution is -0.0498. The van der Waals surface area contributed by atoms with Gasteiger partial charge in [0.25, 0.3) is 0 Å². The number of hydrogen-bond acceptors (Lipinski definition) is 3. The zero-order chi connectivity index (χ0) is 18.8. The van der Waals surface area contributed by atoms with Crippen LogP contribution in [-0.4, -0.2) is 50.8 Å². The predicted octanol–water partition coefficient (Wildman–Crippen LogP) is 3.64. The van der Waals surface area contributed by atoms with E-state index in [1.54, 1.807) is 31.3 Å². The average Bonchev–Trinajstić information content (AvgIpc) is 3.12. The second-order valence-corrected chi connectivity index (χ2v) is 6.48. The van der Waals surface area contributed by atoms with E-state index in [0.717, 1.165) is 31.1 Å². The van der Waals surface area contributed by atoms with Crippen molar-refractivity contribution >= 4 is 5.96 Å². The Balaban J connectivity index is 1.69. The summed E-state index contributed by atoms with van der Waals surface area (Å²) < 4.78 is 34.6. The number of hydrogen-bond donors (Lipinski definition) is 1. The van der Waals surface area contributed by atoms with Gasteiger partial charge in [0, 0.05) is 33.8 Å². The maximum Gasteiger partial charge on any atom is 0.387 e. The van der Waals surface area contributed by atoms with Crippen molar-refractivity contribution in [1.82, 2.24) is 10.2 Å². The van der Waals surface area contributed by atoms with Crippen LogP contribution in [0.15, 0.2) is 29.3 Å². The van der Waals surface area contributed by atoms with Crippen molar-refractivity contribution in [3.8, 4) is 5.75 Å². The minimum absolute atomic E-state index is 0.163. The van der Waals surface area contributed by atoms with Gasteiger partial charge < -0.3 is 19.7 Å². The first-order valence-corrected chi connectivity index (χ1v) is 9.15. The van der Waals surface area contributed by atoms with E-state index in [4.69, 9.17) is 4.74 Å². The number of nitrogens with zero attached hydrogens (tertiary/aromatic N) is 2. The maximum absolute atomic E-state index is 12.2. The molecule has 1 aromatic carbocycles. The summed E-state index contributed by atoms with van der Waals surface area (Å²) in [5.41, 5.74) is 0.988. The van der Waals surface area contributed by atoms with Crippen LogP contribution in [0, 0.1) is 0 Å². The van der Waals surface area contributed by atoms with E-state index in [1.165, 1.54) is 25.7 Å². The Hall–Kier alpha value is -1.89. The molecule has 1 saturated carbocycles. The summed E-state index contributed by atoms with van der Waals surface area (Å²) in [6.07, 6.45) is 6.35. The molecular weight excluding hydrogens is 340 g/mol. The van der Waals surface area contributed by atoms with Crippen molar-refractivity contribution in [3.05, 3.63) is 29.8 Å². The molecule has 1 aliphatic rings. The molecule has 5 nitrogen and oxygen atoms in total. The molecule has 1 fully saturated rings. The minimum Gasteiger partial charge on any atom is -0.435 e. The molecule has 1 aromatic rings. The van der Waals surface area contributed by atoms with E-state index in [0.29, 0.717) is 12.6 Å². The fourth-order valence-corrected chi connectivity index (χ4v) is 3.09. The normalized spacial score (nSPS) is 15.5. The van der Waals surface area contributed by atoms with Crippen LogP contribution in [0.4, 0.5) is 8.78 Å². The maximum atomic E-state index is 12.2. The summed E-state index contributed by atoms with van der Waals surface area (Å²) in [7, 11) is 3.68. The van der Waals surface area contributed by atoms with Crippen LogP contribution in [0.2, 0.25) is 0 Å². The molecule has 0 aliphatic heterocycles. The van der Waals surface area contributed by atoms with Gasteiger partial charge in [-0.05, 0) is 37.0 Å². The Kier molecular flexibility index (Phi) is 8.61. The largest absolute Gasteiger partial charge is 0.435 e. The zero-order valence-electron chi connectivity index (χ0n) is 15.6. The van der Waals surface area contributed by atoms with Crippen molar-refractivity contribution in [2.45, 2.75) is 51.4 Å². The molecule has 0 amide bonds. The molecule has 0 heterocycles. The van der Waals surface area contributed by atoms with Crippen molar-refractivity contribution in [3.63, 3.8) is 0 Å². The molecule has 2 rings (SSSR count). The van der Waals surface area contributed by atoms with Gasteiger partial charge in [-0.25, -0.2) is 0 Å². The topological polar surface area (TPSA) is 46.1 Å². The van der Waals surface area contributed by atoms with Crippen molar-refractivity contribution in [1.29, 1.82) is 0 Å². The zero-order valence-corrected chi connectivity index (χ0v) is 15.6. The lowest BCUT2D eigenvalue weighted by Gasteiger charge is -2.22. The Morgan fingerprint density at radius 3 is 2.58 bits per heavy atom. The van der Waals surface area contributed by atoms with E-state index in [2.05, 4.69) is 15.0 Å². The third kappa shape index (κ3) is 7.15. The molecule has 26 heavy (non-hydrogen) atoms. The number of ether oxygens (including phenoxy) is 2. The van der Waals surface area contributed by atoms with Gasteiger partial charge in [0.1, 0.15) is 5.75 Å². The molecule has 0 radical (unpaired) electrons. The number of benzene rings is 1. The third-order valence-electron chi connectivity index (χ3n) is 4.40. The Labute approximate surface area is 154 Å². The first-order chi connectivity index (χ1) is 12.6. The van der Waals surface area contributed by atoms with Gasteiger partial charge in [-0.2, -0.15) is 8.78 Å². The molecule has 1 aliphatic carbocycles. The molecule has 0 aromatic heterocycles. The molecule has 146 valence electrons. The van der Waals surface area contributed by atoms with Gasteiger partial charge in [0.15, 0.2) is 5.96 Å². The van der Waals surface area contributed by atoms with Gasteiger partial charge >= 0.3 is 6.61 Å². The summed E-state index contributed by atoms with van der Waals surface area (Å²) >= 11 is 0. The number of guanidine groups is 1. The smallest absolute Gasteiger partial charge is 0.387 e. The van der Waals surface area contributed by atoms with Crippen LogP contribution >= 0.6 is 0 Å². The van der Waals surface area contributed by atoms with Gasteiger partial charge in [0.05, 0.1) is 6.10 Å². The molecule has 0 saturated heterocycles. The van der Waals surface area contributed by atoms with E-state index >= 15 is 0 Å². The fourth-order valence-electron chi connectivity index (χ4n) is 3.09. The van der Waals surface area contributed by atoms with Crippen LogP contribution in [0.25, 0.3) is 0 Å². The quantitative estimate of drug-likeness (QED) is 0.410. The second-order valence-electron chi connectivity index (χ2n) is 6.48. The monoisotopic (exact) mass is 369 g/mol. The molecule has 0 unspecified atom stereocenters. The average molecular weight is 369 g/mol. The number of rotatable bonds is 9. The SMILES string of the molecule is CN=C(NCCCOC1CCCC1)N(C)Cc1ccc(OC(F)F)cc1. The minimum atomic E-state index is -2.80. The molecule has 0 spiro atoms. The lowest BCUT2D eigenvalue weighted by Crippen LogP contribution is -2.39. The molecule has 7 heteroatoms. The second kappa shape index (κ2) is 11.0. The third-order valence-corrected chi connectivity index (χ3v) is 4.40. The predicted molar refractivity (Wildman–Crippen MR) is 98.7 cm³/mol. The van der Waals surface area contributed by atoms with Gasteiger partial charge in [-0.3, -0.25) is 4.99 Å². The summed E-state index contributed by atoms with van der Waals surface area (Å²) in [6, 6.07) is 6.64. The first kappa shape index (κ1) is 20.4. The fraction of sp³-hybridized carbons (Fsp3) is 0.632. The van der Waals surface area contributed by atoms with Gasteiger partial charge in [-0.1, -0.05) is 25.0 Å². The van der Waals surface area contributed by atoms with E-state index in [1.807, 2.05) is 11.9 Å². The molecule has 0 atom stereocenters. The van der Waals surface area contributed by atoms with E-state index < -0.39 is 6.61 Å². The molecular formula is C19H29F2N3O2. The Morgan fingerprint density at radius 2 is 1.96 bits per heavy atom. The van der Waals surface area contributed by atoms with Crippen molar-refractivity contribution < 1.29 is 18.3 Å². The number of nitrogens with one attached hydrogen (secondary N) is 1. The highest BCUT2D eigenvalue weighted by molar-refractivity contribution is 5.79.